The Balaban J connectivity index is 1.02. The average molecular weight is 957 g/mol. The van der Waals surface area contributed by atoms with Crippen LogP contribution in [-0.2, 0) is 0 Å². The van der Waals surface area contributed by atoms with Gasteiger partial charge in [0, 0.05) is 0 Å². The monoisotopic (exact) mass is 957 g/mol. The van der Waals surface area contributed by atoms with E-state index in [0.29, 0.717) is 0 Å². The molecule has 70 heavy (non-hydrogen) atoms. The molecule has 0 spiro atoms. The zero-order valence-electron chi connectivity index (χ0n) is 38.6. The van der Waals surface area contributed by atoms with E-state index in [1.165, 1.54) is 45.0 Å². The molecule has 0 fully saturated rings. The van der Waals surface area contributed by atoms with Crippen molar-refractivity contribution in [3.8, 4) is 16.8 Å². The second-order valence-electron chi connectivity index (χ2n) is 17.7. The van der Waals surface area contributed by atoms with Crippen molar-refractivity contribution in [3.63, 3.8) is 0 Å². The van der Waals surface area contributed by atoms with E-state index in [4.69, 9.17) is 0 Å². The summed E-state index contributed by atoms with van der Waals surface area (Å²) in [5, 5.41) is 2.41. The normalized spacial score (nSPS) is 11.4. The summed E-state index contributed by atoms with van der Waals surface area (Å²) >= 11 is -3.51. The van der Waals surface area contributed by atoms with Gasteiger partial charge in [0.05, 0.1) is 0 Å². The topological polar surface area (TPSA) is 11.4 Å². The molecule has 0 aliphatic carbocycles. The van der Waals surface area contributed by atoms with Gasteiger partial charge in [0.1, 0.15) is 0 Å². The van der Waals surface area contributed by atoms with Gasteiger partial charge >= 0.3 is 325 Å². The Kier molecular flexibility index (Phi) is 11.5. The molecule has 1 heterocycles. The molecular formula is C66H49GeN3. The first-order valence-corrected chi connectivity index (χ1v) is 28.2. The van der Waals surface area contributed by atoms with E-state index in [1.807, 2.05) is 0 Å². The molecule has 0 saturated carbocycles. The summed E-state index contributed by atoms with van der Waals surface area (Å²) in [6.07, 6.45) is 0. The van der Waals surface area contributed by atoms with Crippen LogP contribution < -0.4 is 27.4 Å². The van der Waals surface area contributed by atoms with Gasteiger partial charge in [0.2, 0.25) is 0 Å². The SMILES string of the molecule is c1ccc(-c2ccc(-n3c4ccccc4c4cc(N(c5ccc(N(c6ccccc6)c6ccccc6)cc5)c5cc[c]([Ge]([c]6ccccc6)([c]6ccccc6)[c]6ccccc6)cc5)ccc43)cc2)cc1. The van der Waals surface area contributed by atoms with Crippen LogP contribution in [0, 0.1) is 0 Å². The van der Waals surface area contributed by atoms with E-state index >= 15 is 0 Å². The first-order valence-electron chi connectivity index (χ1n) is 24.0. The Morgan fingerprint density at radius 1 is 0.243 bits per heavy atom. The minimum absolute atomic E-state index is 1.07. The molecule has 11 aromatic carbocycles. The van der Waals surface area contributed by atoms with Gasteiger partial charge in [-0.25, -0.2) is 0 Å². The number of rotatable bonds is 12. The van der Waals surface area contributed by atoms with Crippen molar-refractivity contribution < 1.29 is 0 Å². The Bertz CT molecular complexity index is 3520. The third kappa shape index (κ3) is 7.77. The van der Waals surface area contributed by atoms with E-state index in [1.54, 1.807) is 0 Å². The third-order valence-electron chi connectivity index (χ3n) is 13.7. The predicted molar refractivity (Wildman–Crippen MR) is 299 cm³/mol. The molecule has 0 bridgehead atoms. The van der Waals surface area contributed by atoms with E-state index in [-0.39, 0.29) is 0 Å². The van der Waals surface area contributed by atoms with Crippen molar-refractivity contribution in [1.29, 1.82) is 0 Å². The van der Waals surface area contributed by atoms with Crippen molar-refractivity contribution >= 4 is 86.8 Å². The molecular weight excluding hydrogens is 907 g/mol. The van der Waals surface area contributed by atoms with Crippen LogP contribution in [0.25, 0.3) is 38.6 Å². The zero-order valence-corrected chi connectivity index (χ0v) is 40.7. The van der Waals surface area contributed by atoms with E-state index in [2.05, 4.69) is 312 Å². The van der Waals surface area contributed by atoms with E-state index < -0.39 is 13.3 Å². The summed E-state index contributed by atoms with van der Waals surface area (Å²) in [5.74, 6) is 0. The third-order valence-corrected chi connectivity index (χ3v) is 23.8. The molecule has 0 radical (unpaired) electrons. The second-order valence-corrected chi connectivity index (χ2v) is 25.7. The van der Waals surface area contributed by atoms with Crippen molar-refractivity contribution in [2.75, 3.05) is 9.80 Å². The van der Waals surface area contributed by atoms with Crippen LogP contribution in [-0.4, -0.2) is 17.8 Å². The van der Waals surface area contributed by atoms with Gasteiger partial charge in [-0.05, 0) is 11.1 Å². The fourth-order valence-corrected chi connectivity index (χ4v) is 20.5. The fourth-order valence-electron chi connectivity index (χ4n) is 10.5. The van der Waals surface area contributed by atoms with Crippen LogP contribution in [0.1, 0.15) is 0 Å². The van der Waals surface area contributed by atoms with Crippen molar-refractivity contribution in [2.24, 2.45) is 0 Å². The number of benzene rings is 11. The van der Waals surface area contributed by atoms with Gasteiger partial charge in [0.15, 0.2) is 0 Å². The number of hydrogen-bond acceptors (Lipinski definition) is 2. The molecule has 1 aromatic heterocycles. The zero-order chi connectivity index (χ0) is 46.7. The van der Waals surface area contributed by atoms with Crippen molar-refractivity contribution in [3.05, 3.63) is 297 Å². The van der Waals surface area contributed by atoms with E-state index in [0.717, 1.165) is 45.3 Å². The summed E-state index contributed by atoms with van der Waals surface area (Å²) in [7, 11) is 0. The molecule has 0 aliphatic rings. The Hall–Kier alpha value is -8.64. The first-order chi connectivity index (χ1) is 34.7. The Labute approximate surface area is 412 Å². The van der Waals surface area contributed by atoms with Gasteiger partial charge in [-0.15, -0.1) is 0 Å². The fraction of sp³-hybridized carbons (Fsp3) is 0. The Morgan fingerprint density at radius 3 is 1.09 bits per heavy atom. The van der Waals surface area contributed by atoms with Crippen LogP contribution >= 0.6 is 0 Å². The van der Waals surface area contributed by atoms with E-state index in [9.17, 15) is 0 Å². The van der Waals surface area contributed by atoms with Gasteiger partial charge in [-0.3, -0.25) is 0 Å². The number of aromatic nitrogens is 1. The van der Waals surface area contributed by atoms with Gasteiger partial charge in [0.25, 0.3) is 0 Å². The molecule has 12 aromatic rings. The second kappa shape index (κ2) is 18.8. The predicted octanol–water partition coefficient (Wildman–Crippen LogP) is 14.8. The minimum atomic E-state index is -3.51. The van der Waals surface area contributed by atoms with Gasteiger partial charge in [-0.1, -0.05) is 78.9 Å². The summed E-state index contributed by atoms with van der Waals surface area (Å²) in [5.41, 5.74) is 12.4. The van der Waals surface area contributed by atoms with Crippen LogP contribution in [0.3, 0.4) is 0 Å². The van der Waals surface area contributed by atoms with Crippen LogP contribution in [0.15, 0.2) is 297 Å². The summed E-state index contributed by atoms with van der Waals surface area (Å²) < 4.78 is 7.98. The van der Waals surface area contributed by atoms with Gasteiger partial charge in [-0.2, -0.15) is 0 Å². The van der Waals surface area contributed by atoms with Gasteiger partial charge < -0.3 is 0 Å². The van der Waals surface area contributed by atoms with Crippen LogP contribution in [0.2, 0.25) is 0 Å². The quantitative estimate of drug-likeness (QED) is 0.113. The number of hydrogen-bond donors (Lipinski definition) is 0. The molecule has 0 unspecified atom stereocenters. The summed E-state index contributed by atoms with van der Waals surface area (Å²) in [4.78, 5) is 4.74. The smallest absolute Gasteiger partial charge is 0.0617 e. The molecule has 332 valence electrons. The molecule has 0 amide bonds. The maximum atomic E-state index is 2.42. The van der Waals surface area contributed by atoms with Crippen LogP contribution in [0.4, 0.5) is 34.1 Å². The van der Waals surface area contributed by atoms with Crippen molar-refractivity contribution in [2.45, 2.75) is 0 Å². The number of anilines is 6. The minimum Gasteiger partial charge on any atom is -0.0617 e. The maximum absolute atomic E-state index is 3.51. The average Bonchev–Trinajstić information content (AvgIpc) is 3.77. The molecule has 12 rings (SSSR count). The molecule has 0 atom stereocenters. The molecule has 0 N–H and O–H groups in total. The number of para-hydroxylation sites is 3. The first kappa shape index (κ1) is 42.7. The summed E-state index contributed by atoms with van der Waals surface area (Å²) in [6, 6.07) is 109. The molecule has 0 saturated heterocycles. The molecule has 3 nitrogen and oxygen atoms in total. The number of fused-ring (bicyclic) bond motifs is 3. The van der Waals surface area contributed by atoms with Crippen LogP contribution in [0.5, 0.6) is 0 Å². The summed E-state index contributed by atoms with van der Waals surface area (Å²) in [6.45, 7) is 0. The molecule has 0 aliphatic heterocycles. The van der Waals surface area contributed by atoms with Crippen molar-refractivity contribution in [1.82, 2.24) is 4.57 Å². The number of nitrogens with zero attached hydrogens (tertiary/aromatic N) is 3. The Morgan fingerprint density at radius 2 is 0.586 bits per heavy atom. The standard InChI is InChI=1S/C66H49GeN3/c1-7-21-50(22-8-1)51-35-39-61(40-36-51)70-65-34-20-19-33-63(65)64-49-62(47-48-66(64)70)69(60-45-43-59(44-46-60)68(56-29-15-5-16-30-56)57-31-17-6-18-32-57)58-41-37-55(38-42-58)67(52-23-9-2-10-24-52,53-25-11-3-12-26-53)54-27-13-4-14-28-54/h1-49H. The molecule has 4 heteroatoms.